The Labute approximate surface area is 172 Å². The number of hydrogen-bond acceptors (Lipinski definition) is 0. The quantitative estimate of drug-likeness (QED) is 0.255. The molecule has 0 heterocycles. The Morgan fingerprint density at radius 2 is 0.889 bits per heavy atom. The fraction of sp³-hybridized carbons (Fsp3) is 1.00. The molecule has 1 aliphatic rings. The molecule has 168 valence electrons. The minimum atomic E-state index is 0. The fourth-order valence-corrected chi connectivity index (χ4v) is 4.22. The molecule has 0 bridgehead atoms. The molecule has 0 aromatic rings. The van der Waals surface area contributed by atoms with Gasteiger partial charge in [-0.2, -0.15) is 0 Å². The van der Waals surface area contributed by atoms with Gasteiger partial charge in [-0.3, -0.25) is 0 Å². The second-order valence-corrected chi connectivity index (χ2v) is 8.70. The molecule has 1 unspecified atom stereocenters. The Bertz CT molecular complexity index is 230. The van der Waals surface area contributed by atoms with Gasteiger partial charge in [0.25, 0.3) is 0 Å². The summed E-state index contributed by atoms with van der Waals surface area (Å²) in [5, 5.41) is 0. The number of hydrogen-bond donors (Lipinski definition) is 0. The van der Waals surface area contributed by atoms with Crippen LogP contribution in [0.2, 0.25) is 0 Å². The maximum absolute atomic E-state index is 2.49. The van der Waals surface area contributed by atoms with Crippen LogP contribution in [0.15, 0.2) is 0 Å². The Morgan fingerprint density at radius 1 is 0.556 bits per heavy atom. The lowest BCUT2D eigenvalue weighted by Gasteiger charge is -2.18. The third kappa shape index (κ3) is 22.1. The molecule has 0 spiro atoms. The highest BCUT2D eigenvalue weighted by Crippen LogP contribution is 2.33. The molecule has 2 nitrogen and oxygen atoms in total. The zero-order chi connectivity index (χ0) is 18.6. The monoisotopic (exact) mass is 388 g/mol. The number of unbranched alkanes of at least 4 members (excludes halogenated alkanes) is 12. The highest BCUT2D eigenvalue weighted by Gasteiger charge is 2.20. The van der Waals surface area contributed by atoms with Crippen LogP contribution < -0.4 is 0 Å². The van der Waals surface area contributed by atoms with Gasteiger partial charge in [-0.15, -0.1) is 0 Å². The van der Waals surface area contributed by atoms with Crippen LogP contribution in [0.3, 0.4) is 0 Å². The van der Waals surface area contributed by atoms with Crippen molar-refractivity contribution >= 4 is 0 Å². The first-order valence-corrected chi connectivity index (χ1v) is 12.3. The molecule has 0 saturated heterocycles. The van der Waals surface area contributed by atoms with Crippen molar-refractivity contribution in [3.63, 3.8) is 0 Å². The Kier molecular flexibility index (Phi) is 30.3. The predicted molar refractivity (Wildman–Crippen MR) is 125 cm³/mol. The summed E-state index contributed by atoms with van der Waals surface area (Å²) in [5.74, 6) is 2.10. The van der Waals surface area contributed by atoms with E-state index in [1.54, 1.807) is 0 Å². The van der Waals surface area contributed by atoms with Crippen LogP contribution in [0.5, 0.6) is 0 Å². The Hall–Kier alpha value is -0.0800. The summed E-state index contributed by atoms with van der Waals surface area (Å²) >= 11 is 0. The van der Waals surface area contributed by atoms with E-state index in [0.717, 1.165) is 11.8 Å². The molecule has 0 aromatic carbocycles. The maximum Gasteiger partial charge on any atom is -0.0388 e. The average molecular weight is 389 g/mol. The number of rotatable bonds is 15. The Morgan fingerprint density at radius 3 is 1.26 bits per heavy atom. The van der Waals surface area contributed by atoms with Gasteiger partial charge in [-0.25, -0.2) is 0 Å². The van der Waals surface area contributed by atoms with Crippen LogP contribution in [0.1, 0.15) is 150 Å². The van der Waals surface area contributed by atoms with Crippen LogP contribution >= 0.6 is 0 Å². The summed E-state index contributed by atoms with van der Waals surface area (Å²) in [6.45, 7) is 9.32. The molecular formula is C25H56O2. The van der Waals surface area contributed by atoms with Crippen molar-refractivity contribution in [2.75, 3.05) is 0 Å². The molecule has 0 amide bonds. The third-order valence-electron chi connectivity index (χ3n) is 6.17. The highest BCUT2D eigenvalue weighted by molar-refractivity contribution is 4.72. The van der Waals surface area contributed by atoms with E-state index in [-0.39, 0.29) is 11.0 Å². The third-order valence-corrected chi connectivity index (χ3v) is 6.17. The average Bonchev–Trinajstić information content (AvgIpc) is 3.16. The van der Waals surface area contributed by atoms with E-state index in [9.17, 15) is 0 Å². The van der Waals surface area contributed by atoms with E-state index in [1.165, 1.54) is 122 Å². The molecule has 0 aromatic heterocycles. The van der Waals surface area contributed by atoms with Crippen LogP contribution in [-0.4, -0.2) is 11.0 Å². The van der Waals surface area contributed by atoms with Crippen LogP contribution in [0.25, 0.3) is 0 Å². The van der Waals surface area contributed by atoms with Gasteiger partial charge in [0.2, 0.25) is 0 Å². The molecule has 1 atom stereocenters. The fourth-order valence-electron chi connectivity index (χ4n) is 4.22. The highest BCUT2D eigenvalue weighted by atomic mass is 16.0. The molecule has 4 N–H and O–H groups in total. The normalized spacial score (nSPS) is 14.7. The lowest BCUT2D eigenvalue weighted by molar-refractivity contribution is 0.333. The van der Waals surface area contributed by atoms with Gasteiger partial charge < -0.3 is 11.0 Å². The van der Waals surface area contributed by atoms with E-state index in [4.69, 9.17) is 0 Å². The molecule has 1 aliphatic carbocycles. The van der Waals surface area contributed by atoms with Crippen molar-refractivity contribution in [3.8, 4) is 0 Å². The van der Waals surface area contributed by atoms with E-state index < -0.39 is 0 Å². The van der Waals surface area contributed by atoms with Crippen LogP contribution in [0.4, 0.5) is 0 Å². The van der Waals surface area contributed by atoms with Crippen molar-refractivity contribution in [1.29, 1.82) is 0 Å². The SMILES string of the molecule is CCCCCCCCC.CCCCCCCCCC(C)C1CCCC1.O.O. The molecule has 2 heteroatoms. The van der Waals surface area contributed by atoms with Gasteiger partial charge in [0, 0.05) is 0 Å². The van der Waals surface area contributed by atoms with Gasteiger partial charge in [0.1, 0.15) is 0 Å². The molecule has 0 radical (unpaired) electrons. The zero-order valence-electron chi connectivity index (χ0n) is 19.6. The maximum atomic E-state index is 2.49. The van der Waals surface area contributed by atoms with Gasteiger partial charge in [-0.1, -0.05) is 150 Å². The zero-order valence-corrected chi connectivity index (χ0v) is 19.6. The van der Waals surface area contributed by atoms with Crippen molar-refractivity contribution in [1.82, 2.24) is 0 Å². The lowest BCUT2D eigenvalue weighted by Crippen LogP contribution is -2.07. The molecular weight excluding hydrogens is 332 g/mol. The Balaban J connectivity index is -0.000000456. The van der Waals surface area contributed by atoms with Crippen molar-refractivity contribution in [2.24, 2.45) is 11.8 Å². The standard InChI is InChI=1S/C16H32.C9H20.2H2O/c1-3-4-5-6-7-8-9-12-15(2)16-13-10-11-14-16;1-3-5-7-9-8-6-4-2;;/h15-16H,3-14H2,1-2H3;3-9H2,1-2H3;2*1H2. The van der Waals surface area contributed by atoms with Crippen LogP contribution in [0, 0.1) is 11.8 Å². The topological polar surface area (TPSA) is 63.0 Å². The minimum Gasteiger partial charge on any atom is -0.412 e. The van der Waals surface area contributed by atoms with Crippen molar-refractivity contribution in [3.05, 3.63) is 0 Å². The van der Waals surface area contributed by atoms with E-state index in [1.807, 2.05) is 0 Å². The summed E-state index contributed by atoms with van der Waals surface area (Å²) in [6.07, 6.45) is 27.8. The largest absolute Gasteiger partial charge is 0.412 e. The summed E-state index contributed by atoms with van der Waals surface area (Å²) in [7, 11) is 0. The van der Waals surface area contributed by atoms with E-state index >= 15 is 0 Å². The predicted octanol–water partition coefficient (Wildman–Crippen LogP) is 8.06. The van der Waals surface area contributed by atoms with Gasteiger partial charge >= 0.3 is 0 Å². The first-order chi connectivity index (χ1) is 12.3. The summed E-state index contributed by atoms with van der Waals surface area (Å²) in [5.41, 5.74) is 0. The first kappa shape index (κ1) is 31.6. The van der Waals surface area contributed by atoms with Crippen LogP contribution in [-0.2, 0) is 0 Å². The molecule has 27 heavy (non-hydrogen) atoms. The summed E-state index contributed by atoms with van der Waals surface area (Å²) in [6, 6.07) is 0. The smallest absolute Gasteiger partial charge is 0.0388 e. The molecule has 1 fully saturated rings. The summed E-state index contributed by atoms with van der Waals surface area (Å²) in [4.78, 5) is 0. The van der Waals surface area contributed by atoms with Crippen molar-refractivity contribution in [2.45, 2.75) is 150 Å². The minimum absolute atomic E-state index is 0. The molecule has 0 aliphatic heterocycles. The molecule has 1 saturated carbocycles. The molecule has 1 rings (SSSR count). The van der Waals surface area contributed by atoms with Crippen molar-refractivity contribution < 1.29 is 11.0 Å². The second-order valence-electron chi connectivity index (χ2n) is 8.70. The van der Waals surface area contributed by atoms with E-state index in [0.29, 0.717) is 0 Å². The second kappa shape index (κ2) is 25.9. The van der Waals surface area contributed by atoms with Gasteiger partial charge in [0.15, 0.2) is 0 Å². The van der Waals surface area contributed by atoms with E-state index in [2.05, 4.69) is 27.7 Å². The lowest BCUT2D eigenvalue weighted by atomic mass is 9.88. The van der Waals surface area contributed by atoms with Gasteiger partial charge in [-0.05, 0) is 11.8 Å². The van der Waals surface area contributed by atoms with Gasteiger partial charge in [0.05, 0.1) is 0 Å². The summed E-state index contributed by atoms with van der Waals surface area (Å²) < 4.78 is 0. The first-order valence-electron chi connectivity index (χ1n) is 12.3.